The highest BCUT2D eigenvalue weighted by Crippen LogP contribution is 2.36. The molecule has 32 heavy (non-hydrogen) atoms. The third-order valence-corrected chi connectivity index (χ3v) is 7.83. The lowest BCUT2D eigenvalue weighted by atomic mass is 10.2. The van der Waals surface area contributed by atoms with Gasteiger partial charge in [-0.3, -0.25) is 14.2 Å². The minimum atomic E-state index is -0.118. The Hall–Kier alpha value is -2.61. The van der Waals surface area contributed by atoms with Crippen molar-refractivity contribution < 1.29 is 4.79 Å². The molecule has 0 bridgehead atoms. The van der Waals surface area contributed by atoms with E-state index in [2.05, 4.69) is 5.32 Å². The molecule has 1 amide bonds. The Morgan fingerprint density at radius 1 is 1.12 bits per heavy atom. The van der Waals surface area contributed by atoms with E-state index in [1.807, 2.05) is 42.5 Å². The van der Waals surface area contributed by atoms with E-state index < -0.39 is 0 Å². The number of thioether (sulfide) groups is 1. The van der Waals surface area contributed by atoms with E-state index in [9.17, 15) is 9.59 Å². The summed E-state index contributed by atoms with van der Waals surface area (Å²) in [5.74, 6) is 0.0521. The van der Waals surface area contributed by atoms with Gasteiger partial charge < -0.3 is 5.32 Å². The zero-order chi connectivity index (χ0) is 22.1. The molecule has 8 heteroatoms. The van der Waals surface area contributed by atoms with Crippen molar-refractivity contribution in [2.24, 2.45) is 0 Å². The van der Waals surface area contributed by atoms with Gasteiger partial charge in [-0.25, -0.2) is 4.98 Å². The number of benzene rings is 2. The van der Waals surface area contributed by atoms with Gasteiger partial charge in [-0.05, 0) is 54.7 Å². The molecule has 0 saturated carbocycles. The first-order valence-corrected chi connectivity index (χ1v) is 12.5. The predicted molar refractivity (Wildman–Crippen MR) is 131 cm³/mol. The second kappa shape index (κ2) is 9.10. The highest BCUT2D eigenvalue weighted by Gasteiger charge is 2.24. The molecule has 0 saturated heterocycles. The van der Waals surface area contributed by atoms with Crippen LogP contribution in [-0.4, -0.2) is 21.2 Å². The van der Waals surface area contributed by atoms with Gasteiger partial charge in [0, 0.05) is 16.4 Å². The second-order valence-corrected chi connectivity index (χ2v) is 10.1. The third-order valence-electron chi connectivity index (χ3n) is 5.46. The molecule has 0 aliphatic heterocycles. The van der Waals surface area contributed by atoms with Gasteiger partial charge in [0.05, 0.1) is 16.8 Å². The fourth-order valence-corrected chi connectivity index (χ4v) is 6.18. The fourth-order valence-electron chi connectivity index (χ4n) is 3.91. The van der Waals surface area contributed by atoms with Crippen LogP contribution in [0.2, 0.25) is 5.02 Å². The lowest BCUT2D eigenvalue weighted by Crippen LogP contribution is -2.26. The molecule has 1 aliphatic rings. The number of nitrogens with zero attached hydrogens (tertiary/aromatic N) is 2. The average molecular weight is 482 g/mol. The average Bonchev–Trinajstić information content (AvgIpc) is 3.39. The molecule has 4 aromatic rings. The molecule has 0 spiro atoms. The molecule has 5 rings (SSSR count). The monoisotopic (exact) mass is 481 g/mol. The van der Waals surface area contributed by atoms with Crippen LogP contribution >= 0.6 is 34.7 Å². The van der Waals surface area contributed by atoms with Gasteiger partial charge >= 0.3 is 0 Å². The van der Waals surface area contributed by atoms with Crippen LogP contribution < -0.4 is 10.9 Å². The topological polar surface area (TPSA) is 64.0 Å². The smallest absolute Gasteiger partial charge is 0.267 e. The molecule has 2 aromatic heterocycles. The number of rotatable bonds is 6. The molecule has 0 fully saturated rings. The van der Waals surface area contributed by atoms with E-state index in [4.69, 9.17) is 16.6 Å². The zero-order valence-electron chi connectivity index (χ0n) is 17.1. The molecular formula is C24H20ClN3O2S2. The number of carbonyl (C=O) groups excluding carboxylic acids is 1. The van der Waals surface area contributed by atoms with E-state index in [1.165, 1.54) is 16.6 Å². The number of halogens is 1. The summed E-state index contributed by atoms with van der Waals surface area (Å²) in [5, 5.41) is 4.85. The Morgan fingerprint density at radius 3 is 2.69 bits per heavy atom. The quantitative estimate of drug-likeness (QED) is 0.311. The van der Waals surface area contributed by atoms with Gasteiger partial charge in [0.25, 0.3) is 5.56 Å². The summed E-state index contributed by atoms with van der Waals surface area (Å²) in [4.78, 5) is 32.9. The van der Waals surface area contributed by atoms with E-state index in [-0.39, 0.29) is 17.2 Å². The standard InChI is InChI=1S/C24H20ClN3O2S2/c25-16-11-9-15(10-12-16)13-26-20(29)14-31-24-27-22-21(18-7-4-8-19(18)32-22)23(30)28(24)17-5-2-1-3-6-17/h1-3,5-6,9-12H,4,7-8,13-14H2,(H,26,29). The summed E-state index contributed by atoms with van der Waals surface area (Å²) < 4.78 is 1.64. The molecule has 162 valence electrons. The maximum Gasteiger partial charge on any atom is 0.267 e. The first-order valence-electron chi connectivity index (χ1n) is 10.4. The largest absolute Gasteiger partial charge is 0.351 e. The van der Waals surface area contributed by atoms with Gasteiger partial charge in [-0.1, -0.05) is 53.7 Å². The van der Waals surface area contributed by atoms with Crippen molar-refractivity contribution in [1.82, 2.24) is 14.9 Å². The van der Waals surface area contributed by atoms with Gasteiger partial charge in [-0.15, -0.1) is 11.3 Å². The summed E-state index contributed by atoms with van der Waals surface area (Å²) in [6.45, 7) is 0.423. The summed E-state index contributed by atoms with van der Waals surface area (Å²) in [7, 11) is 0. The SMILES string of the molecule is O=C(CSc1nc2sc3c(c2c(=O)n1-c1ccccc1)CCC3)NCc1ccc(Cl)cc1. The van der Waals surface area contributed by atoms with E-state index in [1.54, 1.807) is 28.0 Å². The molecule has 0 atom stereocenters. The first-order chi connectivity index (χ1) is 15.6. The van der Waals surface area contributed by atoms with Crippen molar-refractivity contribution in [3.8, 4) is 5.69 Å². The molecule has 2 aromatic carbocycles. The lowest BCUT2D eigenvalue weighted by Gasteiger charge is -2.12. The van der Waals surface area contributed by atoms with Gasteiger partial charge in [0.1, 0.15) is 4.83 Å². The lowest BCUT2D eigenvalue weighted by molar-refractivity contribution is -0.118. The van der Waals surface area contributed by atoms with Crippen LogP contribution in [0.5, 0.6) is 0 Å². The van der Waals surface area contributed by atoms with Crippen LogP contribution in [-0.2, 0) is 24.2 Å². The first kappa shape index (κ1) is 21.2. The molecule has 1 aliphatic carbocycles. The predicted octanol–water partition coefficient (Wildman–Crippen LogP) is 5.00. The molecule has 0 unspecified atom stereocenters. The number of aryl methyl sites for hydroxylation is 2. The second-order valence-electron chi connectivity index (χ2n) is 7.60. The van der Waals surface area contributed by atoms with Crippen molar-refractivity contribution in [3.05, 3.63) is 86.0 Å². The number of hydrogen-bond acceptors (Lipinski definition) is 5. The van der Waals surface area contributed by atoms with E-state index >= 15 is 0 Å². The van der Waals surface area contributed by atoms with Crippen LogP contribution in [0.25, 0.3) is 15.9 Å². The minimum absolute atomic E-state index is 0.0512. The number of amides is 1. The Morgan fingerprint density at radius 2 is 1.91 bits per heavy atom. The highest BCUT2D eigenvalue weighted by atomic mass is 35.5. The molecule has 1 N–H and O–H groups in total. The fraction of sp³-hybridized carbons (Fsp3) is 0.208. The van der Waals surface area contributed by atoms with Gasteiger partial charge in [0.2, 0.25) is 5.91 Å². The number of para-hydroxylation sites is 1. The maximum atomic E-state index is 13.6. The van der Waals surface area contributed by atoms with Crippen molar-refractivity contribution >= 4 is 50.8 Å². The number of fused-ring (bicyclic) bond motifs is 3. The molecular weight excluding hydrogens is 462 g/mol. The number of aromatic nitrogens is 2. The maximum absolute atomic E-state index is 13.6. The summed E-state index contributed by atoms with van der Waals surface area (Å²) in [6.07, 6.45) is 3.03. The molecule has 2 heterocycles. The Bertz CT molecular complexity index is 1350. The zero-order valence-corrected chi connectivity index (χ0v) is 19.5. The minimum Gasteiger partial charge on any atom is -0.351 e. The Labute approximate surface area is 198 Å². The van der Waals surface area contributed by atoms with Crippen molar-refractivity contribution in [1.29, 1.82) is 0 Å². The van der Waals surface area contributed by atoms with Crippen LogP contribution in [0.4, 0.5) is 0 Å². The Balaban J connectivity index is 1.42. The normalized spacial score (nSPS) is 12.8. The summed E-state index contributed by atoms with van der Waals surface area (Å²) in [5.41, 5.74) is 2.84. The summed E-state index contributed by atoms with van der Waals surface area (Å²) in [6, 6.07) is 16.9. The molecule has 5 nitrogen and oxygen atoms in total. The van der Waals surface area contributed by atoms with Crippen molar-refractivity contribution in [2.75, 3.05) is 5.75 Å². The highest BCUT2D eigenvalue weighted by molar-refractivity contribution is 7.99. The van der Waals surface area contributed by atoms with E-state index in [0.29, 0.717) is 16.7 Å². The number of carbonyl (C=O) groups is 1. The van der Waals surface area contributed by atoms with Crippen LogP contribution in [0.3, 0.4) is 0 Å². The molecule has 0 radical (unpaired) electrons. The number of nitrogens with one attached hydrogen (secondary N) is 1. The third kappa shape index (κ3) is 4.20. The number of hydrogen-bond donors (Lipinski definition) is 1. The van der Waals surface area contributed by atoms with Crippen LogP contribution in [0.15, 0.2) is 64.5 Å². The van der Waals surface area contributed by atoms with E-state index in [0.717, 1.165) is 46.3 Å². The van der Waals surface area contributed by atoms with Gasteiger partial charge in [0.15, 0.2) is 5.16 Å². The van der Waals surface area contributed by atoms with Crippen molar-refractivity contribution in [3.63, 3.8) is 0 Å². The van der Waals surface area contributed by atoms with Crippen LogP contribution in [0.1, 0.15) is 22.4 Å². The number of thiophene rings is 1. The van der Waals surface area contributed by atoms with Crippen LogP contribution in [0, 0.1) is 0 Å². The Kier molecular flexibility index (Phi) is 6.04. The summed E-state index contributed by atoms with van der Waals surface area (Å²) >= 11 is 8.81. The van der Waals surface area contributed by atoms with Gasteiger partial charge in [-0.2, -0.15) is 0 Å². The van der Waals surface area contributed by atoms with Crippen molar-refractivity contribution in [2.45, 2.75) is 31.0 Å².